The molecule has 758 valence electrons. The number of rotatable bonds is 27. The number of likely N-dealkylation sites (N-methyl/N-ethyl adjacent to an activating group) is 1. The van der Waals surface area contributed by atoms with E-state index >= 15 is 0 Å². The molecule has 1 saturated heterocycles. The first-order valence-corrected chi connectivity index (χ1v) is 48.0. The molecule has 16 rings (SSSR count). The number of carbonyl (C=O) groups is 6. The molecule has 0 aliphatic carbocycles. The number of alkyl halides is 3. The van der Waals surface area contributed by atoms with Crippen LogP contribution in [0.3, 0.4) is 0 Å². The van der Waals surface area contributed by atoms with E-state index in [1.54, 1.807) is 185 Å². The third-order valence-corrected chi connectivity index (χ3v) is 24.9. The number of ketones is 6. The quantitative estimate of drug-likeness (QED) is 0.00950. The molecule has 2 atom stereocenters. The van der Waals surface area contributed by atoms with Crippen LogP contribution >= 0.6 is 0 Å². The predicted molar refractivity (Wildman–Crippen MR) is 551 cm³/mol. The molecule has 0 bridgehead atoms. The fraction of sp³-hybridized carbons (Fsp3) is 0.312. The van der Waals surface area contributed by atoms with Gasteiger partial charge in [0.25, 0.3) is 0 Å². The number of pyridine rings is 5. The van der Waals surface area contributed by atoms with Crippen LogP contribution in [0.15, 0.2) is 329 Å². The van der Waals surface area contributed by atoms with E-state index in [9.17, 15) is 79.4 Å². The number of halogens is 3. The maximum Gasteiger partial charge on any atom is 0.534 e. The van der Waals surface area contributed by atoms with Crippen LogP contribution in [0, 0.1) is 0 Å². The maximum atomic E-state index is 12.7. The molecule has 0 saturated carbocycles. The van der Waals surface area contributed by atoms with Crippen LogP contribution in [0.4, 0.5) is 13.2 Å². The van der Waals surface area contributed by atoms with Gasteiger partial charge < -0.3 is 46.2 Å². The highest BCUT2D eigenvalue weighted by Crippen LogP contribution is 2.37. The standard InChI is InChI=1S/C23H27N3O3.C19H20N2O3.C19H18N2O3.C18H18N2O2.C13H12F3NO4S.C12H18BNO3.C5H10O/c1-4-12-29-25(3)21-13-20(19-10-11-23(28)24(2)14-19)15-26(16-21)17-22(27)18-8-6-5-7-9-18;2*1-20-10-15(7-8-19(20)24)16-9-17(22)12-21(11-16)13-18(23)14-5-3-2-4-6-14;1-19-11-15(7-8-18(19)22)16-9-17(21)13-20(12-16)10-14-5-3-2-4-6-14;14-13(15,16)22(19,20)21-12-6-11(18)8-17(9-12)7-10-4-2-1-3-5-10;1-11(2)12(3,4)17-13(16-11)9-6-7-10(15)14(5)8-9;1-3-5-6-4-2/h4-11,13-14,21H,1,12,15-17H2,2-3H3;2-10,17,22H,11-13H2,1H3;2-10H,11-13H2,1H3;2-9,11H,10,12-13H2,1H3;1-6H,7-9H2;6-8H,1-5H3;3H,1,4-5H2,2H3. The van der Waals surface area contributed by atoms with Gasteiger partial charge in [0.05, 0.1) is 82.4 Å². The Morgan fingerprint density at radius 2 is 0.785 bits per heavy atom. The number of hydroxylamine groups is 2. The summed E-state index contributed by atoms with van der Waals surface area (Å²) in [6.07, 6.45) is 19.7. The molecule has 5 aromatic carbocycles. The molecule has 0 amide bonds. The van der Waals surface area contributed by atoms with E-state index in [1.165, 1.54) is 53.0 Å². The lowest BCUT2D eigenvalue weighted by molar-refractivity contribution is -0.150. The average molecular weight is 1990 g/mol. The van der Waals surface area contributed by atoms with Crippen molar-refractivity contribution in [1.29, 1.82) is 0 Å². The SMILES string of the molecule is C=CCOCC.C=CCON(C)C1C=C(c2ccc(=O)n(C)c2)CN(CC(=O)c2ccccc2)C1.Cn1cc(B2OC(C)(C)C(C)(C)O2)ccc1=O.Cn1cc(C2=CC(=O)CN(CC(=O)c3ccccc3)C2)ccc1=O.Cn1cc(C2=CC(=O)CN(Cc3ccccc3)C2)ccc1=O.Cn1cc(C2=CC(O)CN(CC(=O)c3ccccc3)C2)ccc1=O.O=C1C=C(OS(=O)(=O)C(F)(F)F)CN(Cc2ccccc2)C1. The number of ether oxygens (including phenoxy) is 1. The summed E-state index contributed by atoms with van der Waals surface area (Å²) >= 11 is 0. The Hall–Kier alpha value is -13.8. The first-order chi connectivity index (χ1) is 68.5. The van der Waals surface area contributed by atoms with Crippen LogP contribution in [0.2, 0.25) is 0 Å². The molecule has 1 N–H and O–H groups in total. The monoisotopic (exact) mass is 1990 g/mol. The van der Waals surface area contributed by atoms with Crippen LogP contribution in [-0.4, -0.2) is 249 Å². The molecule has 5 aromatic heterocycles. The molecule has 2 unspecified atom stereocenters. The molecule has 10 aromatic rings. The first-order valence-electron chi connectivity index (χ1n) is 46.6. The van der Waals surface area contributed by atoms with Crippen molar-refractivity contribution in [3.8, 4) is 0 Å². The zero-order valence-electron chi connectivity index (χ0n) is 82.8. The minimum Gasteiger partial charge on any atom is -0.399 e. The predicted octanol–water partition coefficient (Wildman–Crippen LogP) is 10.8. The van der Waals surface area contributed by atoms with Gasteiger partial charge in [-0.05, 0) is 138 Å². The highest BCUT2D eigenvalue weighted by molar-refractivity contribution is 7.87. The smallest absolute Gasteiger partial charge is 0.399 e. The Balaban J connectivity index is 0.000000176. The lowest BCUT2D eigenvalue weighted by Gasteiger charge is -2.35. The lowest BCUT2D eigenvalue weighted by Crippen LogP contribution is -2.46. The minimum absolute atomic E-state index is 0.00916. The van der Waals surface area contributed by atoms with Crippen molar-refractivity contribution in [2.24, 2.45) is 35.2 Å². The number of aromatic nitrogens is 5. The molecule has 0 radical (unpaired) electrons. The number of aliphatic hydroxyl groups is 1. The van der Waals surface area contributed by atoms with Crippen LogP contribution in [0.1, 0.15) is 99.1 Å². The molecule has 1 fully saturated rings. The van der Waals surface area contributed by atoms with Gasteiger partial charge in [-0.3, -0.25) is 82.1 Å². The van der Waals surface area contributed by atoms with E-state index in [0.717, 1.165) is 74.8 Å². The third-order valence-electron chi connectivity index (χ3n) is 23.9. The van der Waals surface area contributed by atoms with Gasteiger partial charge in [-0.15, -0.1) is 13.2 Å². The Morgan fingerprint density at radius 1 is 0.444 bits per heavy atom. The van der Waals surface area contributed by atoms with E-state index in [1.807, 2.05) is 149 Å². The zero-order valence-corrected chi connectivity index (χ0v) is 83.6. The lowest BCUT2D eigenvalue weighted by atomic mass is 9.80. The summed E-state index contributed by atoms with van der Waals surface area (Å²) in [5.74, 6) is -0.883. The number of nitrogens with zero attached hydrogens (tertiary/aromatic N) is 11. The molecular formula is C109H123BF3N11O19S. The molecule has 35 heteroatoms. The molecule has 6 aliphatic rings. The van der Waals surface area contributed by atoms with Gasteiger partial charge in [0, 0.05) is 185 Å². The van der Waals surface area contributed by atoms with Gasteiger partial charge in [-0.2, -0.15) is 26.7 Å². The summed E-state index contributed by atoms with van der Waals surface area (Å²) in [5.41, 5.74) is 5.73. The summed E-state index contributed by atoms with van der Waals surface area (Å²) in [6.45, 7) is 24.8. The van der Waals surface area contributed by atoms with Crippen molar-refractivity contribution in [3.63, 3.8) is 0 Å². The van der Waals surface area contributed by atoms with Gasteiger partial charge in [-0.25, -0.2) is 0 Å². The Bertz CT molecular complexity index is 6750. The second-order valence-corrected chi connectivity index (χ2v) is 37.5. The number of Topliss-reactive ketones (excluding diaryl/α,β-unsaturated/α-hetero) is 3. The highest BCUT2D eigenvalue weighted by atomic mass is 32.2. The average Bonchev–Trinajstić information content (AvgIpc) is 1.60. The van der Waals surface area contributed by atoms with Gasteiger partial charge in [-0.1, -0.05) is 176 Å². The Morgan fingerprint density at radius 3 is 1.17 bits per heavy atom. The van der Waals surface area contributed by atoms with E-state index in [4.69, 9.17) is 18.9 Å². The number of benzene rings is 5. The topological polar surface area (TPSA) is 332 Å². The fourth-order valence-corrected chi connectivity index (χ4v) is 16.2. The number of aliphatic hydroxyl groups excluding tert-OH is 1. The molecule has 0 spiro atoms. The van der Waals surface area contributed by atoms with Crippen molar-refractivity contribution in [2.75, 3.05) is 112 Å². The molecule has 11 heterocycles. The van der Waals surface area contributed by atoms with Gasteiger partial charge in [0.2, 0.25) is 27.8 Å². The van der Waals surface area contributed by atoms with E-state index in [2.05, 4.69) is 45.3 Å². The van der Waals surface area contributed by atoms with Crippen molar-refractivity contribution in [2.45, 2.75) is 76.6 Å². The van der Waals surface area contributed by atoms with E-state index in [0.29, 0.717) is 88.8 Å². The van der Waals surface area contributed by atoms with Crippen LogP contribution in [0.25, 0.3) is 22.3 Å². The van der Waals surface area contributed by atoms with E-state index in [-0.39, 0.29) is 107 Å². The van der Waals surface area contributed by atoms with Crippen molar-refractivity contribution in [1.82, 2.24) is 52.4 Å². The Kier molecular flexibility index (Phi) is 41.3. The zero-order chi connectivity index (χ0) is 105. The van der Waals surface area contributed by atoms with Gasteiger partial charge >= 0.3 is 22.7 Å². The summed E-state index contributed by atoms with van der Waals surface area (Å²) in [4.78, 5) is 146. The van der Waals surface area contributed by atoms with Gasteiger partial charge in [0.1, 0.15) is 5.76 Å². The number of hydrogen-bond donors (Lipinski definition) is 1. The van der Waals surface area contributed by atoms with E-state index < -0.39 is 40.4 Å². The Labute approximate surface area is 836 Å². The van der Waals surface area contributed by atoms with Crippen molar-refractivity contribution in [3.05, 3.63) is 407 Å². The summed E-state index contributed by atoms with van der Waals surface area (Å²) in [5, 5.41) is 11.9. The van der Waals surface area contributed by atoms with Crippen LogP contribution in [-0.2, 0) is 95.9 Å². The molecule has 144 heavy (non-hydrogen) atoms. The summed E-state index contributed by atoms with van der Waals surface area (Å²) < 4.78 is 87.2. The van der Waals surface area contributed by atoms with Crippen molar-refractivity contribution < 1.29 is 78.5 Å². The summed E-state index contributed by atoms with van der Waals surface area (Å²) in [6, 6.07) is 63.0. The maximum absolute atomic E-state index is 12.7. The molecular weight excluding hydrogens is 1870 g/mol. The van der Waals surface area contributed by atoms with Crippen LogP contribution in [0.5, 0.6) is 0 Å². The molecule has 30 nitrogen and oxygen atoms in total. The van der Waals surface area contributed by atoms with Gasteiger partial charge in [0.15, 0.2) is 34.7 Å². The fourth-order valence-electron chi connectivity index (χ4n) is 15.7. The highest BCUT2D eigenvalue weighted by Gasteiger charge is 2.52. The number of β-amino-alcohol motifs (C(OH)–C–C–N with tert-alkyl or cyclic N) is 1. The van der Waals surface area contributed by atoms with Crippen molar-refractivity contribution >= 4 is 79.7 Å². The summed E-state index contributed by atoms with van der Waals surface area (Å²) in [7, 11) is 4.26. The van der Waals surface area contributed by atoms with Crippen LogP contribution < -0.4 is 33.3 Å². The number of carbonyl (C=O) groups excluding carboxylic acids is 6. The third kappa shape index (κ3) is 34.0. The molecule has 6 aliphatic heterocycles. The second kappa shape index (κ2) is 53.0. The number of hydrogen-bond acceptors (Lipinski definition) is 25. The normalized spacial score (nSPS) is 17.0. The minimum atomic E-state index is -5.76. The number of aryl methyl sites for hydroxylation is 5. The second-order valence-electron chi connectivity index (χ2n) is 36.0. The first kappa shape index (κ1) is 112. The largest absolute Gasteiger partial charge is 0.534 e.